The first-order valence-electron chi connectivity index (χ1n) is 8.13. The van der Waals surface area contributed by atoms with Crippen molar-refractivity contribution in [1.82, 2.24) is 9.80 Å². The highest BCUT2D eigenvalue weighted by Gasteiger charge is 2.19. The normalized spacial score (nSPS) is 14.7. The Hall–Kier alpha value is -2.16. The first kappa shape index (κ1) is 17.7. The molecule has 1 saturated heterocycles. The number of benzene rings is 2. The van der Waals surface area contributed by atoms with Crippen LogP contribution in [0.2, 0.25) is 0 Å². The van der Waals surface area contributed by atoms with E-state index in [1.165, 1.54) is 12.1 Å². The van der Waals surface area contributed by atoms with Gasteiger partial charge < -0.3 is 4.90 Å². The molecule has 2 aromatic rings. The number of carbonyl (C=O) groups excluding carboxylic acids is 1. The molecule has 0 unspecified atom stereocenters. The molecule has 0 bridgehead atoms. The third-order valence-corrected chi connectivity index (χ3v) is 4.67. The van der Waals surface area contributed by atoms with E-state index in [9.17, 15) is 9.18 Å². The van der Waals surface area contributed by atoms with Crippen LogP contribution in [0.1, 0.15) is 11.1 Å². The molecule has 128 valence electrons. The van der Waals surface area contributed by atoms with E-state index in [0.717, 1.165) is 35.2 Å². The van der Waals surface area contributed by atoms with Crippen LogP contribution in [0.15, 0.2) is 53.0 Å². The molecule has 3 rings (SSSR count). The summed E-state index contributed by atoms with van der Waals surface area (Å²) in [6, 6.07) is 14.1. The van der Waals surface area contributed by atoms with Crippen LogP contribution in [0, 0.1) is 17.7 Å². The Bertz CT molecular complexity index is 785. The van der Waals surface area contributed by atoms with Gasteiger partial charge in [-0.25, -0.2) is 4.39 Å². The van der Waals surface area contributed by atoms with Gasteiger partial charge in [-0.2, -0.15) is 0 Å². The fraction of sp³-hybridized carbons (Fsp3) is 0.250. The van der Waals surface area contributed by atoms with Crippen molar-refractivity contribution in [1.29, 1.82) is 0 Å². The van der Waals surface area contributed by atoms with Crippen LogP contribution in [-0.2, 0) is 11.3 Å². The van der Waals surface area contributed by atoms with Crippen LogP contribution in [0.3, 0.4) is 0 Å². The number of halogens is 2. The fourth-order valence-electron chi connectivity index (χ4n) is 2.70. The summed E-state index contributed by atoms with van der Waals surface area (Å²) >= 11 is 3.37. The summed E-state index contributed by atoms with van der Waals surface area (Å²) in [7, 11) is 0. The second-order valence-corrected chi connectivity index (χ2v) is 6.87. The monoisotopic (exact) mass is 400 g/mol. The van der Waals surface area contributed by atoms with Crippen LogP contribution in [-0.4, -0.2) is 41.9 Å². The van der Waals surface area contributed by atoms with Gasteiger partial charge in [0, 0.05) is 48.7 Å². The summed E-state index contributed by atoms with van der Waals surface area (Å²) in [6.45, 7) is 3.68. The van der Waals surface area contributed by atoms with Gasteiger partial charge in [-0.3, -0.25) is 9.69 Å². The molecule has 0 aromatic heterocycles. The second kappa shape index (κ2) is 8.28. The van der Waals surface area contributed by atoms with Crippen molar-refractivity contribution in [3.05, 3.63) is 69.9 Å². The smallest absolute Gasteiger partial charge is 0.298 e. The summed E-state index contributed by atoms with van der Waals surface area (Å²) < 4.78 is 13.9. The first-order valence-corrected chi connectivity index (χ1v) is 8.93. The van der Waals surface area contributed by atoms with Gasteiger partial charge in [-0.1, -0.05) is 34.0 Å². The molecule has 0 saturated carbocycles. The van der Waals surface area contributed by atoms with Gasteiger partial charge in [0.25, 0.3) is 5.91 Å². The van der Waals surface area contributed by atoms with E-state index in [1.54, 1.807) is 17.0 Å². The molecule has 0 radical (unpaired) electrons. The predicted octanol–water partition coefficient (Wildman–Crippen LogP) is 3.28. The lowest BCUT2D eigenvalue weighted by atomic mass is 10.2. The van der Waals surface area contributed by atoms with E-state index in [-0.39, 0.29) is 11.7 Å². The van der Waals surface area contributed by atoms with E-state index in [4.69, 9.17) is 0 Å². The molecule has 5 heteroatoms. The van der Waals surface area contributed by atoms with Crippen LogP contribution in [0.25, 0.3) is 0 Å². The number of carbonyl (C=O) groups is 1. The first-order chi connectivity index (χ1) is 12.1. The van der Waals surface area contributed by atoms with Crippen molar-refractivity contribution < 1.29 is 9.18 Å². The summed E-state index contributed by atoms with van der Waals surface area (Å²) in [5.41, 5.74) is 1.91. The number of rotatable bonds is 2. The van der Waals surface area contributed by atoms with Crippen molar-refractivity contribution in [2.45, 2.75) is 6.54 Å². The molecule has 2 aromatic carbocycles. The van der Waals surface area contributed by atoms with Gasteiger partial charge in [0.15, 0.2) is 0 Å². The summed E-state index contributed by atoms with van der Waals surface area (Å²) in [6.07, 6.45) is 0. The third-order valence-electron chi connectivity index (χ3n) is 4.14. The molecular formula is C20H18BrFN2O. The molecule has 1 heterocycles. The Balaban J connectivity index is 1.51. The average Bonchev–Trinajstić information content (AvgIpc) is 2.63. The fourth-order valence-corrected chi connectivity index (χ4v) is 2.96. The minimum absolute atomic E-state index is 0.135. The molecule has 0 atom stereocenters. The Morgan fingerprint density at radius 2 is 1.64 bits per heavy atom. The molecule has 0 aliphatic carbocycles. The van der Waals surface area contributed by atoms with Crippen LogP contribution < -0.4 is 0 Å². The van der Waals surface area contributed by atoms with Crippen LogP contribution in [0.4, 0.5) is 4.39 Å². The van der Waals surface area contributed by atoms with Crippen molar-refractivity contribution >= 4 is 21.8 Å². The van der Waals surface area contributed by atoms with Crippen molar-refractivity contribution in [3.63, 3.8) is 0 Å². The van der Waals surface area contributed by atoms with Gasteiger partial charge in [-0.15, -0.1) is 0 Å². The summed E-state index contributed by atoms with van der Waals surface area (Å²) in [4.78, 5) is 16.3. The second-order valence-electron chi connectivity index (χ2n) is 5.95. The van der Waals surface area contributed by atoms with E-state index in [0.29, 0.717) is 13.1 Å². The lowest BCUT2D eigenvalue weighted by Gasteiger charge is -2.33. The largest absolute Gasteiger partial charge is 0.329 e. The van der Waals surface area contributed by atoms with Crippen molar-refractivity contribution in [2.24, 2.45) is 0 Å². The Morgan fingerprint density at radius 1 is 1.00 bits per heavy atom. The lowest BCUT2D eigenvalue weighted by Crippen LogP contribution is -2.47. The number of piperazine rings is 1. The Morgan fingerprint density at radius 3 is 2.28 bits per heavy atom. The highest BCUT2D eigenvalue weighted by atomic mass is 79.9. The molecule has 0 N–H and O–H groups in total. The lowest BCUT2D eigenvalue weighted by molar-refractivity contribution is -0.126. The van der Waals surface area contributed by atoms with Gasteiger partial charge in [-0.05, 0) is 42.0 Å². The quantitative estimate of drug-likeness (QED) is 0.722. The topological polar surface area (TPSA) is 23.6 Å². The number of hydrogen-bond acceptors (Lipinski definition) is 2. The van der Waals surface area contributed by atoms with Crippen LogP contribution >= 0.6 is 15.9 Å². The molecule has 1 aliphatic rings. The van der Waals surface area contributed by atoms with E-state index >= 15 is 0 Å². The maximum atomic E-state index is 12.9. The van der Waals surface area contributed by atoms with E-state index in [1.807, 2.05) is 24.3 Å². The van der Waals surface area contributed by atoms with Gasteiger partial charge in [0.2, 0.25) is 0 Å². The molecule has 0 spiro atoms. The van der Waals surface area contributed by atoms with E-state index in [2.05, 4.69) is 32.7 Å². The molecule has 1 amide bonds. The predicted molar refractivity (Wildman–Crippen MR) is 99.3 cm³/mol. The minimum Gasteiger partial charge on any atom is -0.329 e. The maximum Gasteiger partial charge on any atom is 0.298 e. The standard InChI is InChI=1S/C20H18BrFN2O/c21-18-6-1-16(2-7-18)5-10-20(25)24-13-11-23(12-14-24)15-17-3-8-19(22)9-4-17/h1-4,6-9H,11-15H2. The Labute approximate surface area is 155 Å². The highest BCUT2D eigenvalue weighted by Crippen LogP contribution is 2.11. The van der Waals surface area contributed by atoms with Gasteiger partial charge in [0.05, 0.1) is 0 Å². The number of nitrogens with zero attached hydrogens (tertiary/aromatic N) is 2. The summed E-state index contributed by atoms with van der Waals surface area (Å²) in [5.74, 6) is 5.28. The SMILES string of the molecule is O=C(C#Cc1ccc(Br)cc1)N1CCN(Cc2ccc(F)cc2)CC1. The average molecular weight is 401 g/mol. The zero-order valence-corrected chi connectivity index (χ0v) is 15.3. The number of hydrogen-bond donors (Lipinski definition) is 0. The zero-order chi connectivity index (χ0) is 17.6. The van der Waals surface area contributed by atoms with Gasteiger partial charge >= 0.3 is 0 Å². The zero-order valence-electron chi connectivity index (χ0n) is 13.7. The van der Waals surface area contributed by atoms with Crippen LogP contribution in [0.5, 0.6) is 0 Å². The minimum atomic E-state index is -0.219. The van der Waals surface area contributed by atoms with Crippen molar-refractivity contribution in [2.75, 3.05) is 26.2 Å². The maximum absolute atomic E-state index is 12.9. The molecule has 1 fully saturated rings. The van der Waals surface area contributed by atoms with Gasteiger partial charge in [0.1, 0.15) is 5.82 Å². The summed E-state index contributed by atoms with van der Waals surface area (Å²) in [5, 5.41) is 0. The molecule has 3 nitrogen and oxygen atoms in total. The highest BCUT2D eigenvalue weighted by molar-refractivity contribution is 9.10. The number of amides is 1. The molecule has 1 aliphatic heterocycles. The molecule has 25 heavy (non-hydrogen) atoms. The third kappa shape index (κ3) is 5.15. The molecular weight excluding hydrogens is 383 g/mol. The Kier molecular flexibility index (Phi) is 5.85. The van der Waals surface area contributed by atoms with E-state index < -0.39 is 0 Å². The van der Waals surface area contributed by atoms with Crippen molar-refractivity contribution in [3.8, 4) is 11.8 Å².